The van der Waals surface area contributed by atoms with Crippen LogP contribution in [0.25, 0.3) is 11.3 Å². The van der Waals surface area contributed by atoms with E-state index >= 15 is 0 Å². The summed E-state index contributed by atoms with van der Waals surface area (Å²) in [4.78, 5) is 30.9. The number of nitrogens with one attached hydrogen (secondary N) is 2. The second-order valence-corrected chi connectivity index (χ2v) is 9.75. The van der Waals surface area contributed by atoms with Crippen molar-refractivity contribution in [1.29, 1.82) is 0 Å². The van der Waals surface area contributed by atoms with Crippen LogP contribution in [0.15, 0.2) is 85.5 Å². The fourth-order valence-electron chi connectivity index (χ4n) is 4.51. The van der Waals surface area contributed by atoms with Gasteiger partial charge in [-0.05, 0) is 61.5 Å². The zero-order valence-corrected chi connectivity index (χ0v) is 21.8. The van der Waals surface area contributed by atoms with Crippen molar-refractivity contribution in [2.24, 2.45) is 0 Å². The average molecular weight is 508 g/mol. The van der Waals surface area contributed by atoms with Crippen molar-refractivity contribution in [3.8, 4) is 11.3 Å². The Balaban J connectivity index is 1.19. The standard InChI is InChI=1S/C30H33N7O/c1-22(33-29-20-32-19-28(35-29)26-6-4-12-31-18-26)25-5-3-7-27(17-25)34-30(38)24-10-8-23(9-11-24)21-37-15-13-36(2)14-16-37/h3-12,17-20,22H,13-16,21H2,1-2H3,(H,33,35)(H,34,38)/t22-/m0/s1. The third-order valence-corrected chi connectivity index (χ3v) is 6.82. The molecule has 8 heteroatoms. The molecule has 2 aromatic heterocycles. The molecule has 0 radical (unpaired) electrons. The number of nitrogens with zero attached hydrogens (tertiary/aromatic N) is 5. The molecule has 0 bridgehead atoms. The third-order valence-electron chi connectivity index (χ3n) is 6.82. The van der Waals surface area contributed by atoms with E-state index in [1.54, 1.807) is 24.8 Å². The SMILES string of the molecule is C[C@H](Nc1cncc(-c2cccnc2)n1)c1cccc(NC(=O)c2ccc(CN3CCN(C)CC3)cc2)c1. The van der Waals surface area contributed by atoms with E-state index in [0.717, 1.165) is 55.2 Å². The Morgan fingerprint density at radius 2 is 1.76 bits per heavy atom. The molecule has 2 N–H and O–H groups in total. The van der Waals surface area contributed by atoms with Crippen LogP contribution < -0.4 is 10.6 Å². The smallest absolute Gasteiger partial charge is 0.255 e. The normalized spacial score (nSPS) is 15.1. The maximum Gasteiger partial charge on any atom is 0.255 e. The number of hydrogen-bond donors (Lipinski definition) is 2. The highest BCUT2D eigenvalue weighted by atomic mass is 16.1. The van der Waals surface area contributed by atoms with Crippen LogP contribution in [0.5, 0.6) is 0 Å². The van der Waals surface area contributed by atoms with Gasteiger partial charge in [-0.3, -0.25) is 19.7 Å². The largest absolute Gasteiger partial charge is 0.362 e. The van der Waals surface area contributed by atoms with Crippen molar-refractivity contribution in [3.05, 3.63) is 102 Å². The lowest BCUT2D eigenvalue weighted by Crippen LogP contribution is -2.43. The van der Waals surface area contributed by atoms with Gasteiger partial charge in [0, 0.05) is 61.9 Å². The molecule has 1 amide bonds. The summed E-state index contributed by atoms with van der Waals surface area (Å²) in [5, 5.41) is 6.45. The summed E-state index contributed by atoms with van der Waals surface area (Å²) in [6.45, 7) is 7.31. The molecule has 1 atom stereocenters. The lowest BCUT2D eigenvalue weighted by Gasteiger charge is -2.32. The predicted octanol–water partition coefficient (Wildman–Crippen LogP) is 4.71. The molecular weight excluding hydrogens is 474 g/mol. The summed E-state index contributed by atoms with van der Waals surface area (Å²) in [5.74, 6) is 0.550. The van der Waals surface area contributed by atoms with Gasteiger partial charge in [-0.2, -0.15) is 0 Å². The Labute approximate surface area is 223 Å². The van der Waals surface area contributed by atoms with Crippen LogP contribution in [0, 0.1) is 0 Å². The highest BCUT2D eigenvalue weighted by Gasteiger charge is 2.15. The van der Waals surface area contributed by atoms with Crippen molar-refractivity contribution >= 4 is 17.4 Å². The number of aromatic nitrogens is 3. The number of benzene rings is 2. The molecular formula is C30H33N7O. The van der Waals surface area contributed by atoms with E-state index in [9.17, 15) is 4.79 Å². The summed E-state index contributed by atoms with van der Waals surface area (Å²) in [6, 6.07) is 19.6. The molecule has 0 saturated carbocycles. The number of carbonyl (C=O) groups excluding carboxylic acids is 1. The Bertz CT molecular complexity index is 1350. The molecule has 1 fully saturated rings. The molecule has 5 rings (SSSR count). The Hall–Kier alpha value is -4.14. The van der Waals surface area contributed by atoms with Gasteiger partial charge >= 0.3 is 0 Å². The van der Waals surface area contributed by atoms with Gasteiger partial charge in [0.05, 0.1) is 24.1 Å². The summed E-state index contributed by atoms with van der Waals surface area (Å²) < 4.78 is 0. The van der Waals surface area contributed by atoms with Gasteiger partial charge in [0.2, 0.25) is 0 Å². The molecule has 1 aliphatic heterocycles. The van der Waals surface area contributed by atoms with Crippen LogP contribution in [0.4, 0.5) is 11.5 Å². The first-order chi connectivity index (χ1) is 18.5. The van der Waals surface area contributed by atoms with Gasteiger partial charge in [-0.25, -0.2) is 4.98 Å². The zero-order chi connectivity index (χ0) is 26.3. The van der Waals surface area contributed by atoms with Crippen LogP contribution in [-0.4, -0.2) is 63.9 Å². The predicted molar refractivity (Wildman–Crippen MR) is 151 cm³/mol. The molecule has 1 aliphatic rings. The van der Waals surface area contributed by atoms with Gasteiger partial charge < -0.3 is 15.5 Å². The van der Waals surface area contributed by atoms with Gasteiger partial charge in [0.1, 0.15) is 5.82 Å². The van der Waals surface area contributed by atoms with Crippen LogP contribution >= 0.6 is 0 Å². The van der Waals surface area contributed by atoms with E-state index in [-0.39, 0.29) is 11.9 Å². The van der Waals surface area contributed by atoms with Gasteiger partial charge in [-0.15, -0.1) is 0 Å². The van der Waals surface area contributed by atoms with E-state index in [2.05, 4.69) is 61.5 Å². The van der Waals surface area contributed by atoms with Gasteiger partial charge in [-0.1, -0.05) is 24.3 Å². The minimum Gasteiger partial charge on any atom is -0.362 e. The second-order valence-electron chi connectivity index (χ2n) is 9.75. The van der Waals surface area contributed by atoms with E-state index in [4.69, 9.17) is 0 Å². The number of amides is 1. The number of anilines is 2. The monoisotopic (exact) mass is 507 g/mol. The molecule has 194 valence electrons. The van der Waals surface area contributed by atoms with E-state index in [1.807, 2.05) is 48.5 Å². The van der Waals surface area contributed by atoms with Crippen LogP contribution in [0.2, 0.25) is 0 Å². The number of rotatable bonds is 8. The fraction of sp³-hybridized carbons (Fsp3) is 0.267. The number of piperazine rings is 1. The van der Waals surface area contributed by atoms with Crippen molar-refractivity contribution in [2.45, 2.75) is 19.5 Å². The number of pyridine rings is 1. The Morgan fingerprint density at radius 1 is 0.947 bits per heavy atom. The molecule has 8 nitrogen and oxygen atoms in total. The molecule has 3 heterocycles. The quantitative estimate of drug-likeness (QED) is 0.357. The summed E-state index contributed by atoms with van der Waals surface area (Å²) in [6.07, 6.45) is 6.93. The lowest BCUT2D eigenvalue weighted by atomic mass is 10.1. The first kappa shape index (κ1) is 25.5. The molecule has 0 unspecified atom stereocenters. The van der Waals surface area contributed by atoms with E-state index in [0.29, 0.717) is 11.4 Å². The maximum atomic E-state index is 12.9. The summed E-state index contributed by atoms with van der Waals surface area (Å²) in [5.41, 5.74) is 5.31. The molecule has 1 saturated heterocycles. The number of likely N-dealkylation sites (N-methyl/N-ethyl adjacent to an activating group) is 1. The molecule has 0 spiro atoms. The minimum absolute atomic E-state index is 0.0424. The van der Waals surface area contributed by atoms with Crippen LogP contribution in [-0.2, 0) is 6.54 Å². The second kappa shape index (κ2) is 11.9. The van der Waals surface area contributed by atoms with Crippen LogP contribution in [0.1, 0.15) is 34.5 Å². The average Bonchev–Trinajstić information content (AvgIpc) is 2.95. The van der Waals surface area contributed by atoms with E-state index < -0.39 is 0 Å². The van der Waals surface area contributed by atoms with Crippen molar-refractivity contribution in [3.63, 3.8) is 0 Å². The van der Waals surface area contributed by atoms with Crippen LogP contribution in [0.3, 0.4) is 0 Å². The van der Waals surface area contributed by atoms with Crippen molar-refractivity contribution in [2.75, 3.05) is 43.9 Å². The molecule has 0 aliphatic carbocycles. The zero-order valence-electron chi connectivity index (χ0n) is 21.8. The molecule has 2 aromatic carbocycles. The number of hydrogen-bond acceptors (Lipinski definition) is 7. The highest BCUT2D eigenvalue weighted by molar-refractivity contribution is 6.04. The minimum atomic E-state index is -0.121. The summed E-state index contributed by atoms with van der Waals surface area (Å²) >= 11 is 0. The van der Waals surface area contributed by atoms with Crippen molar-refractivity contribution in [1.82, 2.24) is 24.8 Å². The molecule has 4 aromatic rings. The third kappa shape index (κ3) is 6.59. The molecule has 38 heavy (non-hydrogen) atoms. The number of carbonyl (C=O) groups is 1. The van der Waals surface area contributed by atoms with Gasteiger partial charge in [0.25, 0.3) is 5.91 Å². The Morgan fingerprint density at radius 3 is 2.53 bits per heavy atom. The lowest BCUT2D eigenvalue weighted by molar-refractivity contribution is 0.102. The Kier molecular flexibility index (Phi) is 8.01. The first-order valence-electron chi connectivity index (χ1n) is 12.9. The van der Waals surface area contributed by atoms with Crippen molar-refractivity contribution < 1.29 is 4.79 Å². The topological polar surface area (TPSA) is 86.3 Å². The van der Waals surface area contributed by atoms with E-state index in [1.165, 1.54) is 5.56 Å². The maximum absolute atomic E-state index is 12.9. The fourth-order valence-corrected chi connectivity index (χ4v) is 4.51. The highest BCUT2D eigenvalue weighted by Crippen LogP contribution is 2.23. The summed E-state index contributed by atoms with van der Waals surface area (Å²) in [7, 11) is 2.16. The van der Waals surface area contributed by atoms with Gasteiger partial charge in [0.15, 0.2) is 0 Å². The first-order valence-corrected chi connectivity index (χ1v) is 12.9.